The van der Waals surface area contributed by atoms with E-state index in [-0.39, 0.29) is 6.61 Å². The van der Waals surface area contributed by atoms with Crippen LogP contribution in [0, 0.1) is 5.82 Å². The molecule has 4 nitrogen and oxygen atoms in total. The SMILES string of the molecule is CN=C(NCc1ccc(F)c(CO)c1)N(C)Cc1ccc(Cl)s1. The lowest BCUT2D eigenvalue weighted by atomic mass is 10.1. The molecule has 1 aromatic heterocycles. The highest BCUT2D eigenvalue weighted by Crippen LogP contribution is 2.22. The number of nitrogens with zero attached hydrogens (tertiary/aromatic N) is 2. The van der Waals surface area contributed by atoms with Gasteiger partial charge in [0.05, 0.1) is 17.5 Å². The quantitative estimate of drug-likeness (QED) is 0.639. The van der Waals surface area contributed by atoms with Crippen molar-refractivity contribution in [3.63, 3.8) is 0 Å². The summed E-state index contributed by atoms with van der Waals surface area (Å²) in [7, 11) is 3.65. The normalized spacial score (nSPS) is 11.6. The number of thiophene rings is 1. The number of hydrogen-bond acceptors (Lipinski definition) is 3. The minimum atomic E-state index is -0.396. The highest BCUT2D eigenvalue weighted by molar-refractivity contribution is 7.16. The van der Waals surface area contributed by atoms with Crippen LogP contribution in [0.4, 0.5) is 4.39 Å². The van der Waals surface area contributed by atoms with Crippen LogP contribution in [0.3, 0.4) is 0 Å². The summed E-state index contributed by atoms with van der Waals surface area (Å²) in [6.07, 6.45) is 0. The van der Waals surface area contributed by atoms with E-state index in [9.17, 15) is 4.39 Å². The molecular formula is C16H19ClFN3OS. The van der Waals surface area contributed by atoms with Gasteiger partial charge in [-0.2, -0.15) is 0 Å². The van der Waals surface area contributed by atoms with Gasteiger partial charge in [-0.15, -0.1) is 11.3 Å². The lowest BCUT2D eigenvalue weighted by molar-refractivity contribution is 0.275. The Morgan fingerprint density at radius 1 is 1.39 bits per heavy atom. The summed E-state index contributed by atoms with van der Waals surface area (Å²) in [5, 5.41) is 12.3. The maximum absolute atomic E-state index is 13.4. The highest BCUT2D eigenvalue weighted by atomic mass is 35.5. The van der Waals surface area contributed by atoms with Gasteiger partial charge in [0, 0.05) is 31.1 Å². The van der Waals surface area contributed by atoms with E-state index in [1.807, 2.05) is 24.1 Å². The van der Waals surface area contributed by atoms with Gasteiger partial charge in [0.25, 0.3) is 0 Å². The Morgan fingerprint density at radius 2 is 2.17 bits per heavy atom. The number of rotatable bonds is 5. The Hall–Kier alpha value is -1.63. The number of hydrogen-bond donors (Lipinski definition) is 2. The molecule has 0 saturated carbocycles. The van der Waals surface area contributed by atoms with Crippen LogP contribution in [0.25, 0.3) is 0 Å². The largest absolute Gasteiger partial charge is 0.392 e. The molecular weight excluding hydrogens is 337 g/mol. The Morgan fingerprint density at radius 3 is 2.78 bits per heavy atom. The standard InChI is InChI=1S/C16H19ClFN3OS/c1-19-16(21(2)9-13-4-6-15(17)23-13)20-8-11-3-5-14(18)12(7-11)10-22/h3-7,22H,8-10H2,1-2H3,(H,19,20). The topological polar surface area (TPSA) is 47.9 Å². The van der Waals surface area contributed by atoms with E-state index in [1.165, 1.54) is 17.4 Å². The summed E-state index contributed by atoms with van der Waals surface area (Å²) >= 11 is 7.48. The summed E-state index contributed by atoms with van der Waals surface area (Å²) < 4.78 is 14.1. The summed E-state index contributed by atoms with van der Waals surface area (Å²) in [4.78, 5) is 7.37. The predicted molar refractivity (Wildman–Crippen MR) is 93.3 cm³/mol. The van der Waals surface area contributed by atoms with Crippen LogP contribution in [-0.4, -0.2) is 30.1 Å². The molecule has 0 fully saturated rings. The monoisotopic (exact) mass is 355 g/mol. The first-order valence-corrected chi connectivity index (χ1v) is 8.27. The first-order valence-electron chi connectivity index (χ1n) is 7.07. The van der Waals surface area contributed by atoms with E-state index in [1.54, 1.807) is 19.2 Å². The van der Waals surface area contributed by atoms with Gasteiger partial charge >= 0.3 is 0 Å². The fourth-order valence-electron chi connectivity index (χ4n) is 2.17. The average molecular weight is 356 g/mol. The maximum atomic E-state index is 13.4. The Labute approximate surface area is 144 Å². The molecule has 23 heavy (non-hydrogen) atoms. The molecule has 0 aliphatic carbocycles. The molecule has 0 aliphatic heterocycles. The van der Waals surface area contributed by atoms with Crippen LogP contribution >= 0.6 is 22.9 Å². The smallest absolute Gasteiger partial charge is 0.193 e. The van der Waals surface area contributed by atoms with E-state index in [2.05, 4.69) is 10.3 Å². The number of aliphatic hydroxyl groups excluding tert-OH is 1. The van der Waals surface area contributed by atoms with Gasteiger partial charge in [-0.05, 0) is 29.8 Å². The average Bonchev–Trinajstić information content (AvgIpc) is 2.94. The molecule has 124 valence electrons. The zero-order chi connectivity index (χ0) is 16.8. The molecule has 0 aliphatic rings. The number of aliphatic imine (C=N–C) groups is 1. The van der Waals surface area contributed by atoms with Crippen LogP contribution in [0.2, 0.25) is 4.34 Å². The molecule has 0 atom stereocenters. The Kier molecular flexibility index (Phi) is 6.38. The van der Waals surface area contributed by atoms with Crippen LogP contribution in [0.15, 0.2) is 35.3 Å². The van der Waals surface area contributed by atoms with Crippen molar-refractivity contribution in [3.05, 3.63) is 56.5 Å². The van der Waals surface area contributed by atoms with Gasteiger partial charge in [-0.25, -0.2) is 4.39 Å². The Bertz CT molecular complexity index is 690. The minimum Gasteiger partial charge on any atom is -0.392 e. The van der Waals surface area contributed by atoms with Gasteiger partial charge in [0.2, 0.25) is 0 Å². The molecule has 7 heteroatoms. The molecule has 0 amide bonds. The number of nitrogens with one attached hydrogen (secondary N) is 1. The van der Waals surface area contributed by atoms with Gasteiger partial charge in [0.1, 0.15) is 5.82 Å². The van der Waals surface area contributed by atoms with Crippen molar-refractivity contribution >= 4 is 28.9 Å². The second kappa shape index (κ2) is 8.29. The summed E-state index contributed by atoms with van der Waals surface area (Å²) in [6, 6.07) is 8.57. The van der Waals surface area contributed by atoms with Crippen molar-refractivity contribution in [2.24, 2.45) is 4.99 Å². The molecule has 2 aromatic rings. The Balaban J connectivity index is 1.97. The third-order valence-electron chi connectivity index (χ3n) is 3.33. The predicted octanol–water partition coefficient (Wildman–Crippen LogP) is 3.24. The van der Waals surface area contributed by atoms with Gasteiger partial charge in [0.15, 0.2) is 5.96 Å². The zero-order valence-electron chi connectivity index (χ0n) is 13.0. The molecule has 2 N–H and O–H groups in total. The molecule has 0 bridgehead atoms. The molecule has 1 heterocycles. The second-order valence-electron chi connectivity index (χ2n) is 5.05. The molecule has 0 unspecified atom stereocenters. The third kappa shape index (κ3) is 4.92. The highest BCUT2D eigenvalue weighted by Gasteiger charge is 2.09. The fourth-order valence-corrected chi connectivity index (χ4v) is 3.31. The molecule has 1 aromatic carbocycles. The van der Waals surface area contributed by atoms with Crippen molar-refractivity contribution in [1.29, 1.82) is 0 Å². The van der Waals surface area contributed by atoms with Crippen molar-refractivity contribution in [1.82, 2.24) is 10.2 Å². The first kappa shape index (κ1) is 17.7. The number of aliphatic hydroxyl groups is 1. The van der Waals surface area contributed by atoms with Gasteiger partial charge in [-0.1, -0.05) is 17.7 Å². The second-order valence-corrected chi connectivity index (χ2v) is 6.85. The zero-order valence-corrected chi connectivity index (χ0v) is 14.6. The molecule has 0 saturated heterocycles. The van der Waals surface area contributed by atoms with Crippen molar-refractivity contribution in [3.8, 4) is 0 Å². The lowest BCUT2D eigenvalue weighted by Gasteiger charge is -2.21. The number of benzene rings is 1. The van der Waals surface area contributed by atoms with Crippen molar-refractivity contribution in [2.75, 3.05) is 14.1 Å². The molecule has 2 rings (SSSR count). The van der Waals surface area contributed by atoms with Crippen LogP contribution in [-0.2, 0) is 19.7 Å². The van der Waals surface area contributed by atoms with Crippen molar-refractivity contribution < 1.29 is 9.50 Å². The van der Waals surface area contributed by atoms with Crippen molar-refractivity contribution in [2.45, 2.75) is 19.7 Å². The third-order valence-corrected chi connectivity index (χ3v) is 4.54. The van der Waals surface area contributed by atoms with Crippen LogP contribution in [0.1, 0.15) is 16.0 Å². The van der Waals surface area contributed by atoms with E-state index in [4.69, 9.17) is 16.7 Å². The summed E-state index contributed by atoms with van der Waals surface area (Å²) in [6.45, 7) is 0.880. The van der Waals surface area contributed by atoms with Gasteiger partial charge in [-0.3, -0.25) is 4.99 Å². The minimum absolute atomic E-state index is 0.292. The van der Waals surface area contributed by atoms with Gasteiger partial charge < -0.3 is 15.3 Å². The summed E-state index contributed by atoms with van der Waals surface area (Å²) in [5.74, 6) is 0.330. The van der Waals surface area contributed by atoms with Crippen LogP contribution < -0.4 is 5.32 Å². The van der Waals surface area contributed by atoms with Crippen LogP contribution in [0.5, 0.6) is 0 Å². The maximum Gasteiger partial charge on any atom is 0.193 e. The summed E-state index contributed by atoms with van der Waals surface area (Å²) in [5.41, 5.74) is 1.17. The first-order chi connectivity index (χ1) is 11.0. The van der Waals surface area contributed by atoms with E-state index < -0.39 is 5.82 Å². The fraction of sp³-hybridized carbons (Fsp3) is 0.312. The molecule has 0 spiro atoms. The lowest BCUT2D eigenvalue weighted by Crippen LogP contribution is -2.37. The van der Waals surface area contributed by atoms with E-state index in [0.29, 0.717) is 18.7 Å². The van der Waals surface area contributed by atoms with E-state index >= 15 is 0 Å². The molecule has 0 radical (unpaired) electrons. The number of guanidine groups is 1. The number of halogens is 2. The van der Waals surface area contributed by atoms with E-state index in [0.717, 1.165) is 20.7 Å².